The van der Waals surface area contributed by atoms with Crippen molar-refractivity contribution in [1.29, 1.82) is 0 Å². The van der Waals surface area contributed by atoms with Gasteiger partial charge >= 0.3 is 0 Å². The molecule has 2 amide bonds. The van der Waals surface area contributed by atoms with Crippen LogP contribution in [-0.4, -0.2) is 34.9 Å². The van der Waals surface area contributed by atoms with Gasteiger partial charge in [-0.2, -0.15) is 0 Å². The van der Waals surface area contributed by atoms with E-state index in [1.807, 2.05) is 13.8 Å². The van der Waals surface area contributed by atoms with E-state index >= 15 is 0 Å². The summed E-state index contributed by atoms with van der Waals surface area (Å²) >= 11 is 0. The number of aromatic hydroxyl groups is 1. The molecule has 0 radical (unpaired) electrons. The number of carbonyl (C=O) groups excluding carboxylic acids is 2. The average Bonchev–Trinajstić information content (AvgIpc) is 2.66. The van der Waals surface area contributed by atoms with Crippen molar-refractivity contribution in [2.24, 2.45) is 5.92 Å². The Balaban J connectivity index is 0.000000648. The fourth-order valence-corrected chi connectivity index (χ4v) is 1.89. The summed E-state index contributed by atoms with van der Waals surface area (Å²) in [5.74, 6) is 0.0294. The van der Waals surface area contributed by atoms with Gasteiger partial charge in [0.15, 0.2) is 0 Å². The number of imide groups is 1. The van der Waals surface area contributed by atoms with Gasteiger partial charge < -0.3 is 15.7 Å². The smallest absolute Gasteiger partial charge is 0.279 e. The molecule has 0 unspecified atom stereocenters. The second-order valence-corrected chi connectivity index (χ2v) is 6.59. The molecule has 0 aromatic heterocycles. The van der Waals surface area contributed by atoms with E-state index in [2.05, 4.69) is 31.4 Å². The van der Waals surface area contributed by atoms with E-state index < -0.39 is 5.91 Å². The van der Waals surface area contributed by atoms with Gasteiger partial charge in [-0.05, 0) is 31.9 Å². The molecule has 1 aliphatic rings. The molecule has 2 rings (SSSR count). The molecule has 132 valence electrons. The number of hydrogen-bond acceptors (Lipinski definition) is 5. The predicted molar refractivity (Wildman–Crippen MR) is 95.3 cm³/mol. The molecule has 0 saturated heterocycles. The van der Waals surface area contributed by atoms with Gasteiger partial charge in [0.2, 0.25) is 0 Å². The topological polar surface area (TPSA) is 81.7 Å². The van der Waals surface area contributed by atoms with E-state index in [9.17, 15) is 14.7 Å². The highest BCUT2D eigenvalue weighted by molar-refractivity contribution is 6.20. The SMILES string of the molecule is CC(C)C.CC(C)NC1=C(Nc2ccccc2O)C(=O)N(C)C1=O. The van der Waals surface area contributed by atoms with Crippen LogP contribution in [-0.2, 0) is 9.59 Å². The number of amides is 2. The summed E-state index contributed by atoms with van der Waals surface area (Å²) in [5, 5.41) is 15.5. The molecule has 0 spiro atoms. The quantitative estimate of drug-likeness (QED) is 0.583. The van der Waals surface area contributed by atoms with Crippen molar-refractivity contribution in [3.63, 3.8) is 0 Å². The van der Waals surface area contributed by atoms with Gasteiger partial charge in [0, 0.05) is 13.1 Å². The van der Waals surface area contributed by atoms with Crippen LogP contribution in [0.15, 0.2) is 35.7 Å². The van der Waals surface area contributed by atoms with Crippen LogP contribution in [0.1, 0.15) is 34.6 Å². The Labute approximate surface area is 143 Å². The van der Waals surface area contributed by atoms with Crippen LogP contribution in [0.5, 0.6) is 5.75 Å². The number of hydrogen-bond donors (Lipinski definition) is 3. The fraction of sp³-hybridized carbons (Fsp3) is 0.444. The summed E-state index contributed by atoms with van der Waals surface area (Å²) in [6, 6.07) is 6.54. The normalized spacial score (nSPS) is 14.2. The maximum absolute atomic E-state index is 12.1. The van der Waals surface area contributed by atoms with Crippen LogP contribution in [0.2, 0.25) is 0 Å². The summed E-state index contributed by atoms with van der Waals surface area (Å²) in [6.45, 7) is 10.3. The van der Waals surface area contributed by atoms with E-state index in [-0.39, 0.29) is 29.1 Å². The Morgan fingerprint density at radius 1 is 0.958 bits per heavy atom. The van der Waals surface area contributed by atoms with E-state index in [0.29, 0.717) is 5.69 Å². The van der Waals surface area contributed by atoms with E-state index in [1.54, 1.807) is 18.2 Å². The van der Waals surface area contributed by atoms with Gasteiger partial charge in [0.1, 0.15) is 17.1 Å². The molecule has 1 aromatic rings. The highest BCUT2D eigenvalue weighted by atomic mass is 16.3. The Morgan fingerprint density at radius 3 is 1.96 bits per heavy atom. The largest absolute Gasteiger partial charge is 0.506 e. The van der Waals surface area contributed by atoms with Crippen molar-refractivity contribution in [2.75, 3.05) is 12.4 Å². The molecule has 6 heteroatoms. The minimum absolute atomic E-state index is 0.00872. The molecule has 0 aliphatic carbocycles. The first-order valence-corrected chi connectivity index (χ1v) is 8.03. The molecule has 1 aromatic carbocycles. The van der Waals surface area contributed by atoms with E-state index in [0.717, 1.165) is 10.8 Å². The van der Waals surface area contributed by atoms with Crippen molar-refractivity contribution in [3.05, 3.63) is 35.7 Å². The monoisotopic (exact) mass is 333 g/mol. The van der Waals surface area contributed by atoms with Crippen LogP contribution in [0.4, 0.5) is 5.69 Å². The van der Waals surface area contributed by atoms with Gasteiger partial charge in [-0.25, -0.2) is 0 Å². The second-order valence-electron chi connectivity index (χ2n) is 6.59. The second kappa shape index (κ2) is 8.38. The van der Waals surface area contributed by atoms with E-state index in [1.165, 1.54) is 13.1 Å². The molecule has 6 nitrogen and oxygen atoms in total. The number of anilines is 1. The minimum Gasteiger partial charge on any atom is -0.506 e. The Kier molecular flexibility index (Phi) is 6.82. The molecule has 0 atom stereocenters. The number of phenols is 1. The highest BCUT2D eigenvalue weighted by Gasteiger charge is 2.36. The van der Waals surface area contributed by atoms with Gasteiger partial charge in [-0.15, -0.1) is 0 Å². The Bertz CT molecular complexity index is 633. The van der Waals surface area contributed by atoms with E-state index in [4.69, 9.17) is 0 Å². The number of carbonyl (C=O) groups is 2. The third-order valence-corrected chi connectivity index (χ3v) is 2.88. The molecule has 0 bridgehead atoms. The zero-order chi connectivity index (χ0) is 18.4. The zero-order valence-corrected chi connectivity index (χ0v) is 15.2. The van der Waals surface area contributed by atoms with Crippen molar-refractivity contribution in [1.82, 2.24) is 10.2 Å². The first-order valence-electron chi connectivity index (χ1n) is 8.03. The van der Waals surface area contributed by atoms with Crippen molar-refractivity contribution in [2.45, 2.75) is 40.7 Å². The maximum atomic E-state index is 12.1. The summed E-state index contributed by atoms with van der Waals surface area (Å²) in [4.78, 5) is 25.1. The van der Waals surface area contributed by atoms with Gasteiger partial charge in [-0.3, -0.25) is 14.5 Å². The number of likely N-dealkylation sites (N-methyl/N-ethyl adjacent to an activating group) is 1. The number of benzene rings is 1. The van der Waals surface area contributed by atoms with Gasteiger partial charge in [0.25, 0.3) is 11.8 Å². The first-order chi connectivity index (χ1) is 11.1. The maximum Gasteiger partial charge on any atom is 0.279 e. The first kappa shape index (κ1) is 19.5. The number of phenolic OH excluding ortho intramolecular Hbond substituents is 1. The van der Waals surface area contributed by atoms with Crippen LogP contribution < -0.4 is 10.6 Å². The van der Waals surface area contributed by atoms with Crippen LogP contribution >= 0.6 is 0 Å². The minimum atomic E-state index is -0.429. The molecule has 3 N–H and O–H groups in total. The lowest BCUT2D eigenvalue weighted by molar-refractivity contribution is -0.136. The lowest BCUT2D eigenvalue weighted by atomic mass is 10.2. The number of rotatable bonds is 4. The zero-order valence-electron chi connectivity index (χ0n) is 15.2. The molecule has 0 fully saturated rings. The third kappa shape index (κ3) is 5.01. The van der Waals surface area contributed by atoms with Gasteiger partial charge in [-0.1, -0.05) is 32.9 Å². The third-order valence-electron chi connectivity index (χ3n) is 2.88. The van der Waals surface area contributed by atoms with Crippen molar-refractivity contribution in [3.8, 4) is 5.75 Å². The Morgan fingerprint density at radius 2 is 1.46 bits per heavy atom. The number of nitrogens with zero attached hydrogens (tertiary/aromatic N) is 1. The average molecular weight is 333 g/mol. The summed E-state index contributed by atoms with van der Waals surface area (Å²) in [7, 11) is 1.42. The van der Waals surface area contributed by atoms with Crippen LogP contribution in [0.3, 0.4) is 0 Å². The Hall–Kier alpha value is -2.50. The molecule has 1 heterocycles. The lowest BCUT2D eigenvalue weighted by Gasteiger charge is -2.12. The van der Waals surface area contributed by atoms with Crippen molar-refractivity contribution < 1.29 is 14.7 Å². The van der Waals surface area contributed by atoms with Gasteiger partial charge in [0.05, 0.1) is 5.69 Å². The number of nitrogens with one attached hydrogen (secondary N) is 2. The van der Waals surface area contributed by atoms with Crippen LogP contribution in [0.25, 0.3) is 0 Å². The molecule has 1 aliphatic heterocycles. The molecular weight excluding hydrogens is 306 g/mol. The molecule has 24 heavy (non-hydrogen) atoms. The van der Waals surface area contributed by atoms with Crippen LogP contribution in [0, 0.1) is 5.92 Å². The molecule has 0 saturated carbocycles. The summed E-state index contributed by atoms with van der Waals surface area (Å²) < 4.78 is 0. The highest BCUT2D eigenvalue weighted by Crippen LogP contribution is 2.26. The standard InChI is InChI=1S/C14H17N3O3.C4H10/c1-8(2)15-11-12(14(20)17(3)13(11)19)16-9-6-4-5-7-10(9)18;1-4(2)3/h4-8,15-16,18H,1-3H3;4H,1-3H3. The lowest BCUT2D eigenvalue weighted by Crippen LogP contribution is -2.32. The molecular formula is C18H27N3O3. The van der Waals surface area contributed by atoms with Crippen molar-refractivity contribution >= 4 is 17.5 Å². The summed E-state index contributed by atoms with van der Waals surface area (Å²) in [6.07, 6.45) is 0. The number of para-hydroxylation sites is 2. The predicted octanol–water partition coefficient (Wildman–Crippen LogP) is 2.67. The summed E-state index contributed by atoms with van der Waals surface area (Å²) in [5.41, 5.74) is 0.741. The fourth-order valence-electron chi connectivity index (χ4n) is 1.89.